The van der Waals surface area contributed by atoms with Crippen LogP contribution in [-0.4, -0.2) is 25.8 Å². The smallest absolute Gasteiger partial charge is 0.259 e. The zero-order valence-electron chi connectivity index (χ0n) is 17.7. The maximum atomic E-state index is 12.0. The number of aryl methyl sites for hydroxylation is 1. The van der Waals surface area contributed by atoms with E-state index in [1.807, 2.05) is 43.3 Å². The van der Waals surface area contributed by atoms with Crippen LogP contribution in [-0.2, 0) is 11.4 Å². The second-order valence-electron chi connectivity index (χ2n) is 6.95. The summed E-state index contributed by atoms with van der Waals surface area (Å²) in [5.74, 6) is 0.835. The number of ether oxygens (including phenoxy) is 2. The van der Waals surface area contributed by atoms with Gasteiger partial charge in [-0.15, -0.1) is 0 Å². The van der Waals surface area contributed by atoms with Gasteiger partial charge in [-0.05, 0) is 55.0 Å². The molecule has 3 aromatic rings. The van der Waals surface area contributed by atoms with Crippen LogP contribution in [0.3, 0.4) is 0 Å². The Morgan fingerprint density at radius 3 is 2.53 bits per heavy atom. The van der Waals surface area contributed by atoms with Crippen molar-refractivity contribution < 1.29 is 14.3 Å². The van der Waals surface area contributed by atoms with Crippen LogP contribution in [0.25, 0.3) is 0 Å². The number of hydrogen-bond acceptors (Lipinski definition) is 5. The van der Waals surface area contributed by atoms with Gasteiger partial charge in [-0.25, -0.2) is 5.43 Å². The van der Waals surface area contributed by atoms with Crippen LogP contribution in [0.15, 0.2) is 65.8 Å². The quantitative estimate of drug-likeness (QED) is 0.321. The molecule has 6 nitrogen and oxygen atoms in total. The Morgan fingerprint density at radius 2 is 1.81 bits per heavy atom. The zero-order chi connectivity index (χ0) is 22.9. The molecular weight excluding hydrogens is 449 g/mol. The molecule has 0 fully saturated rings. The number of hydrogen-bond donors (Lipinski definition) is 2. The van der Waals surface area contributed by atoms with E-state index in [1.165, 1.54) is 6.21 Å². The van der Waals surface area contributed by atoms with Gasteiger partial charge < -0.3 is 14.8 Å². The van der Waals surface area contributed by atoms with E-state index in [1.54, 1.807) is 31.4 Å². The van der Waals surface area contributed by atoms with Crippen molar-refractivity contribution in [2.45, 2.75) is 13.5 Å². The van der Waals surface area contributed by atoms with Gasteiger partial charge in [-0.1, -0.05) is 47.0 Å². The first kappa shape index (κ1) is 23.4. The minimum atomic E-state index is -0.256. The Kier molecular flexibility index (Phi) is 8.36. The molecule has 3 aromatic carbocycles. The highest BCUT2D eigenvalue weighted by molar-refractivity contribution is 6.35. The number of benzene rings is 3. The average molecular weight is 472 g/mol. The summed E-state index contributed by atoms with van der Waals surface area (Å²) in [6, 6.07) is 18.4. The average Bonchev–Trinajstić information content (AvgIpc) is 2.78. The Hall–Kier alpha value is -3.22. The van der Waals surface area contributed by atoms with Crippen molar-refractivity contribution in [2.24, 2.45) is 5.10 Å². The van der Waals surface area contributed by atoms with Gasteiger partial charge in [0, 0.05) is 21.3 Å². The van der Waals surface area contributed by atoms with Crippen LogP contribution in [0.2, 0.25) is 10.0 Å². The van der Waals surface area contributed by atoms with Gasteiger partial charge in [0.15, 0.2) is 11.5 Å². The lowest BCUT2D eigenvalue weighted by molar-refractivity contribution is -0.119. The number of amides is 1. The first-order valence-corrected chi connectivity index (χ1v) is 10.6. The number of methoxy groups -OCH3 is 1. The lowest BCUT2D eigenvalue weighted by Crippen LogP contribution is -2.25. The largest absolute Gasteiger partial charge is 0.493 e. The fourth-order valence-electron chi connectivity index (χ4n) is 2.75. The fraction of sp³-hybridized carbons (Fsp3) is 0.167. The first-order valence-electron chi connectivity index (χ1n) is 9.82. The van der Waals surface area contributed by atoms with Gasteiger partial charge in [0.1, 0.15) is 6.61 Å². The highest BCUT2D eigenvalue weighted by atomic mass is 35.5. The predicted molar refractivity (Wildman–Crippen MR) is 129 cm³/mol. The summed E-state index contributed by atoms with van der Waals surface area (Å²) < 4.78 is 11.2. The summed E-state index contributed by atoms with van der Waals surface area (Å²) >= 11 is 12.1. The summed E-state index contributed by atoms with van der Waals surface area (Å²) in [5, 5.41) is 8.14. The Bertz CT molecular complexity index is 1100. The molecule has 0 spiro atoms. The van der Waals surface area contributed by atoms with E-state index in [4.69, 9.17) is 32.7 Å². The molecule has 0 aliphatic heterocycles. The van der Waals surface area contributed by atoms with Crippen LogP contribution in [0, 0.1) is 6.92 Å². The minimum Gasteiger partial charge on any atom is -0.493 e. The molecular formula is C24H23Cl2N3O3. The number of carbonyl (C=O) groups is 1. The van der Waals surface area contributed by atoms with Crippen molar-refractivity contribution in [3.8, 4) is 11.5 Å². The van der Waals surface area contributed by atoms with Gasteiger partial charge in [0.25, 0.3) is 5.91 Å². The minimum absolute atomic E-state index is 0.115. The summed E-state index contributed by atoms with van der Waals surface area (Å²) in [6.45, 7) is 2.39. The number of nitrogens with zero attached hydrogens (tertiary/aromatic N) is 1. The van der Waals surface area contributed by atoms with Crippen LogP contribution in [0.1, 0.15) is 16.7 Å². The molecule has 1 amide bonds. The van der Waals surface area contributed by atoms with E-state index in [-0.39, 0.29) is 19.1 Å². The van der Waals surface area contributed by atoms with Gasteiger partial charge in [-0.3, -0.25) is 4.79 Å². The van der Waals surface area contributed by atoms with Crippen LogP contribution in [0.4, 0.5) is 5.69 Å². The maximum Gasteiger partial charge on any atom is 0.259 e. The summed E-state index contributed by atoms with van der Waals surface area (Å²) in [5.41, 5.74) is 6.07. The highest BCUT2D eigenvalue weighted by Gasteiger charge is 2.08. The Morgan fingerprint density at radius 1 is 1.03 bits per heavy atom. The topological polar surface area (TPSA) is 72.0 Å². The normalized spacial score (nSPS) is 10.8. The standard InChI is InChI=1S/C24H23Cl2N3O3/c1-16-3-8-20(9-4-16)27-14-24(30)29-28-13-17-5-10-22(23(11-17)31-2)32-15-18-6-7-19(25)12-21(18)26/h3-13,27H,14-15H2,1-2H3,(H,29,30)/b28-13-. The van der Waals surface area contributed by atoms with Crippen molar-refractivity contribution in [1.29, 1.82) is 0 Å². The van der Waals surface area contributed by atoms with Crippen LogP contribution < -0.4 is 20.2 Å². The van der Waals surface area contributed by atoms with Gasteiger partial charge in [0.2, 0.25) is 0 Å². The van der Waals surface area contributed by atoms with E-state index in [0.717, 1.165) is 22.4 Å². The molecule has 8 heteroatoms. The molecule has 0 aliphatic carbocycles. The van der Waals surface area contributed by atoms with Gasteiger partial charge in [-0.2, -0.15) is 5.10 Å². The molecule has 0 radical (unpaired) electrons. The van der Waals surface area contributed by atoms with E-state index >= 15 is 0 Å². The summed E-state index contributed by atoms with van der Waals surface area (Å²) in [6.07, 6.45) is 1.53. The van der Waals surface area contributed by atoms with Gasteiger partial charge in [0.05, 0.1) is 19.9 Å². The molecule has 0 unspecified atom stereocenters. The highest BCUT2D eigenvalue weighted by Crippen LogP contribution is 2.29. The van der Waals surface area contributed by atoms with E-state index in [0.29, 0.717) is 21.5 Å². The molecule has 0 aliphatic rings. The van der Waals surface area contributed by atoms with Crippen molar-refractivity contribution in [2.75, 3.05) is 19.0 Å². The third-order valence-corrected chi connectivity index (χ3v) is 5.08. The fourth-order valence-corrected chi connectivity index (χ4v) is 3.21. The van der Waals surface area contributed by atoms with Gasteiger partial charge >= 0.3 is 0 Å². The van der Waals surface area contributed by atoms with Crippen LogP contribution >= 0.6 is 23.2 Å². The second-order valence-corrected chi connectivity index (χ2v) is 7.79. The number of rotatable bonds is 9. The van der Waals surface area contributed by atoms with Crippen molar-refractivity contribution in [3.05, 3.63) is 87.4 Å². The predicted octanol–water partition coefficient (Wildman–Crippen LogP) is 5.45. The molecule has 0 heterocycles. The molecule has 2 N–H and O–H groups in total. The molecule has 0 bridgehead atoms. The number of nitrogens with one attached hydrogen (secondary N) is 2. The lowest BCUT2D eigenvalue weighted by atomic mass is 10.2. The summed E-state index contributed by atoms with van der Waals surface area (Å²) in [7, 11) is 1.55. The van der Waals surface area contributed by atoms with Crippen molar-refractivity contribution in [1.82, 2.24) is 5.43 Å². The number of anilines is 1. The Balaban J connectivity index is 1.53. The monoisotopic (exact) mass is 471 g/mol. The maximum absolute atomic E-state index is 12.0. The Labute approximate surface area is 197 Å². The molecule has 0 saturated carbocycles. The molecule has 32 heavy (non-hydrogen) atoms. The third-order valence-electron chi connectivity index (χ3n) is 4.49. The summed E-state index contributed by atoms with van der Waals surface area (Å²) in [4.78, 5) is 12.0. The zero-order valence-corrected chi connectivity index (χ0v) is 19.2. The van der Waals surface area contributed by atoms with Crippen molar-refractivity contribution >= 4 is 41.0 Å². The second kappa shape index (κ2) is 11.4. The molecule has 0 atom stereocenters. The molecule has 0 saturated heterocycles. The van der Waals surface area contributed by atoms with Crippen LogP contribution in [0.5, 0.6) is 11.5 Å². The number of hydrazone groups is 1. The van der Waals surface area contributed by atoms with E-state index < -0.39 is 0 Å². The van der Waals surface area contributed by atoms with E-state index in [2.05, 4.69) is 15.8 Å². The lowest BCUT2D eigenvalue weighted by Gasteiger charge is -2.12. The molecule has 166 valence electrons. The number of halogens is 2. The SMILES string of the molecule is COc1cc(/C=N\NC(=O)CNc2ccc(C)cc2)ccc1OCc1ccc(Cl)cc1Cl. The first-order chi connectivity index (χ1) is 15.4. The number of carbonyl (C=O) groups excluding carboxylic acids is 1. The van der Waals surface area contributed by atoms with Crippen molar-refractivity contribution in [3.63, 3.8) is 0 Å². The molecule has 3 rings (SSSR count). The molecule has 0 aromatic heterocycles. The third kappa shape index (κ3) is 6.90. The van der Waals surface area contributed by atoms with E-state index in [9.17, 15) is 4.79 Å².